The highest BCUT2D eigenvalue weighted by Crippen LogP contribution is 2.20. The second-order valence-corrected chi connectivity index (χ2v) is 3.42. The normalized spacial score (nSPS) is 10.6. The molecule has 0 aliphatic heterocycles. The van der Waals surface area contributed by atoms with E-state index in [4.69, 9.17) is 10.2 Å². The third-order valence-electron chi connectivity index (χ3n) is 2.22. The maximum absolute atomic E-state index is 5.57. The van der Waals surface area contributed by atoms with Gasteiger partial charge in [-0.2, -0.15) is 0 Å². The number of hydrogen-bond donors (Lipinski definition) is 1. The molecule has 0 saturated carbocycles. The van der Waals surface area contributed by atoms with Gasteiger partial charge >= 0.3 is 0 Å². The summed E-state index contributed by atoms with van der Waals surface area (Å²) in [4.78, 5) is 8.72. The SMILES string of the molecule is Cc1cc(CN)nc(-c2ccoc2C)n1. The molecule has 0 aromatic carbocycles. The molecular formula is C11H13N3O. The van der Waals surface area contributed by atoms with Crippen molar-refractivity contribution >= 4 is 0 Å². The number of nitrogens with two attached hydrogens (primary N) is 1. The molecule has 0 atom stereocenters. The van der Waals surface area contributed by atoms with Crippen molar-refractivity contribution in [3.8, 4) is 11.4 Å². The summed E-state index contributed by atoms with van der Waals surface area (Å²) in [5, 5.41) is 0. The van der Waals surface area contributed by atoms with Gasteiger partial charge < -0.3 is 10.2 Å². The fourth-order valence-corrected chi connectivity index (χ4v) is 1.48. The molecule has 2 heterocycles. The Morgan fingerprint density at radius 1 is 1.33 bits per heavy atom. The zero-order valence-corrected chi connectivity index (χ0v) is 8.82. The zero-order valence-electron chi connectivity index (χ0n) is 8.82. The molecule has 78 valence electrons. The molecule has 4 nitrogen and oxygen atoms in total. The lowest BCUT2D eigenvalue weighted by Gasteiger charge is -2.03. The van der Waals surface area contributed by atoms with E-state index in [-0.39, 0.29) is 0 Å². The molecule has 2 aromatic rings. The average Bonchev–Trinajstić information content (AvgIpc) is 2.63. The fourth-order valence-electron chi connectivity index (χ4n) is 1.48. The topological polar surface area (TPSA) is 64.9 Å². The van der Waals surface area contributed by atoms with Crippen LogP contribution in [0.3, 0.4) is 0 Å². The first-order chi connectivity index (χ1) is 7.20. The summed E-state index contributed by atoms with van der Waals surface area (Å²) in [5.41, 5.74) is 8.25. The second-order valence-electron chi connectivity index (χ2n) is 3.42. The minimum atomic E-state index is 0.424. The van der Waals surface area contributed by atoms with Crippen LogP contribution in [0, 0.1) is 13.8 Å². The van der Waals surface area contributed by atoms with Gasteiger partial charge in [-0.25, -0.2) is 9.97 Å². The minimum Gasteiger partial charge on any atom is -0.469 e. The fraction of sp³-hybridized carbons (Fsp3) is 0.273. The van der Waals surface area contributed by atoms with Crippen LogP contribution < -0.4 is 5.73 Å². The van der Waals surface area contributed by atoms with Gasteiger partial charge in [0.05, 0.1) is 17.5 Å². The van der Waals surface area contributed by atoms with Gasteiger partial charge in [-0.05, 0) is 26.0 Å². The Bertz CT molecular complexity index is 476. The lowest BCUT2D eigenvalue weighted by atomic mass is 10.2. The van der Waals surface area contributed by atoms with Gasteiger partial charge in [-0.1, -0.05) is 0 Å². The standard InChI is InChI=1S/C11H13N3O/c1-7-5-9(6-12)14-11(13-7)10-3-4-15-8(10)2/h3-5H,6,12H2,1-2H3. The zero-order chi connectivity index (χ0) is 10.8. The molecule has 0 amide bonds. The smallest absolute Gasteiger partial charge is 0.163 e. The monoisotopic (exact) mass is 203 g/mol. The molecule has 2 aromatic heterocycles. The van der Waals surface area contributed by atoms with Crippen molar-refractivity contribution in [1.29, 1.82) is 0 Å². The van der Waals surface area contributed by atoms with Gasteiger partial charge in [0.25, 0.3) is 0 Å². The van der Waals surface area contributed by atoms with Crippen LogP contribution in [0.4, 0.5) is 0 Å². The number of aromatic nitrogens is 2. The van der Waals surface area contributed by atoms with Crippen LogP contribution in [-0.2, 0) is 6.54 Å². The Balaban J connectivity index is 2.53. The first-order valence-electron chi connectivity index (χ1n) is 4.80. The van der Waals surface area contributed by atoms with Crippen LogP contribution in [0.1, 0.15) is 17.1 Å². The van der Waals surface area contributed by atoms with E-state index in [2.05, 4.69) is 9.97 Å². The van der Waals surface area contributed by atoms with Gasteiger partial charge in [0.15, 0.2) is 5.82 Å². The Labute approximate surface area is 88.2 Å². The van der Waals surface area contributed by atoms with Crippen molar-refractivity contribution in [3.63, 3.8) is 0 Å². The molecule has 0 aliphatic rings. The summed E-state index contributed by atoms with van der Waals surface area (Å²) >= 11 is 0. The van der Waals surface area contributed by atoms with Gasteiger partial charge in [-0.15, -0.1) is 0 Å². The second kappa shape index (κ2) is 3.82. The molecule has 2 rings (SSSR count). The summed E-state index contributed by atoms with van der Waals surface area (Å²) < 4.78 is 5.22. The highest BCUT2D eigenvalue weighted by atomic mass is 16.3. The summed E-state index contributed by atoms with van der Waals surface area (Å²) in [5.74, 6) is 1.50. The van der Waals surface area contributed by atoms with Gasteiger partial charge in [-0.3, -0.25) is 0 Å². The van der Waals surface area contributed by atoms with E-state index in [0.717, 1.165) is 22.7 Å². The largest absolute Gasteiger partial charge is 0.469 e. The quantitative estimate of drug-likeness (QED) is 0.808. The van der Waals surface area contributed by atoms with E-state index < -0.39 is 0 Å². The number of rotatable bonds is 2. The molecule has 0 unspecified atom stereocenters. The third-order valence-corrected chi connectivity index (χ3v) is 2.22. The Kier molecular flexibility index (Phi) is 2.51. The van der Waals surface area contributed by atoms with Gasteiger partial charge in [0.2, 0.25) is 0 Å². The van der Waals surface area contributed by atoms with Crippen LogP contribution in [-0.4, -0.2) is 9.97 Å². The van der Waals surface area contributed by atoms with E-state index in [1.807, 2.05) is 26.0 Å². The van der Waals surface area contributed by atoms with Crippen molar-refractivity contribution in [1.82, 2.24) is 9.97 Å². The molecule has 0 spiro atoms. The average molecular weight is 203 g/mol. The molecule has 4 heteroatoms. The Morgan fingerprint density at radius 2 is 2.13 bits per heavy atom. The maximum Gasteiger partial charge on any atom is 0.163 e. The summed E-state index contributed by atoms with van der Waals surface area (Å²) in [7, 11) is 0. The van der Waals surface area contributed by atoms with E-state index in [1.54, 1.807) is 6.26 Å². The minimum absolute atomic E-state index is 0.424. The van der Waals surface area contributed by atoms with Crippen molar-refractivity contribution in [2.75, 3.05) is 0 Å². The lowest BCUT2D eigenvalue weighted by Crippen LogP contribution is -2.03. The highest BCUT2D eigenvalue weighted by molar-refractivity contribution is 5.57. The molecule has 0 aliphatic carbocycles. The van der Waals surface area contributed by atoms with Crippen LogP contribution in [0.2, 0.25) is 0 Å². The molecule has 2 N–H and O–H groups in total. The molecule has 0 fully saturated rings. The Morgan fingerprint density at radius 3 is 2.73 bits per heavy atom. The van der Waals surface area contributed by atoms with E-state index in [1.165, 1.54) is 0 Å². The summed E-state index contributed by atoms with van der Waals surface area (Å²) in [6.45, 7) is 4.25. The third kappa shape index (κ3) is 1.89. The van der Waals surface area contributed by atoms with E-state index in [9.17, 15) is 0 Å². The predicted octanol–water partition coefficient (Wildman–Crippen LogP) is 1.81. The highest BCUT2D eigenvalue weighted by Gasteiger charge is 2.08. The van der Waals surface area contributed by atoms with Gasteiger partial charge in [0.1, 0.15) is 5.76 Å². The number of nitrogens with zero attached hydrogens (tertiary/aromatic N) is 2. The molecule has 0 bridgehead atoms. The van der Waals surface area contributed by atoms with Crippen molar-refractivity contribution in [2.24, 2.45) is 5.73 Å². The van der Waals surface area contributed by atoms with Crippen LogP contribution >= 0.6 is 0 Å². The Hall–Kier alpha value is -1.68. The predicted molar refractivity (Wildman–Crippen MR) is 57.1 cm³/mol. The number of furan rings is 1. The number of hydrogen-bond acceptors (Lipinski definition) is 4. The lowest BCUT2D eigenvalue weighted by molar-refractivity contribution is 0.535. The van der Waals surface area contributed by atoms with Crippen LogP contribution in [0.25, 0.3) is 11.4 Å². The van der Waals surface area contributed by atoms with E-state index in [0.29, 0.717) is 12.4 Å². The molecular weight excluding hydrogens is 190 g/mol. The molecule has 15 heavy (non-hydrogen) atoms. The summed E-state index contributed by atoms with van der Waals surface area (Å²) in [6, 6.07) is 3.75. The molecule has 0 saturated heterocycles. The first-order valence-corrected chi connectivity index (χ1v) is 4.80. The van der Waals surface area contributed by atoms with Crippen molar-refractivity contribution in [2.45, 2.75) is 20.4 Å². The first kappa shape index (κ1) is 9.86. The van der Waals surface area contributed by atoms with Crippen LogP contribution in [0.5, 0.6) is 0 Å². The van der Waals surface area contributed by atoms with Crippen molar-refractivity contribution < 1.29 is 4.42 Å². The van der Waals surface area contributed by atoms with Gasteiger partial charge in [0, 0.05) is 12.2 Å². The van der Waals surface area contributed by atoms with E-state index >= 15 is 0 Å². The van der Waals surface area contributed by atoms with Crippen LogP contribution in [0.15, 0.2) is 22.8 Å². The summed E-state index contributed by atoms with van der Waals surface area (Å²) in [6.07, 6.45) is 1.64. The maximum atomic E-state index is 5.57. The van der Waals surface area contributed by atoms with Crippen molar-refractivity contribution in [3.05, 3.63) is 35.5 Å². The number of aryl methyl sites for hydroxylation is 2. The molecule has 0 radical (unpaired) electrons.